The predicted molar refractivity (Wildman–Crippen MR) is 94.1 cm³/mol. The van der Waals surface area contributed by atoms with Gasteiger partial charge in [-0.25, -0.2) is 4.39 Å². The van der Waals surface area contributed by atoms with Crippen LogP contribution in [0.2, 0.25) is 0 Å². The van der Waals surface area contributed by atoms with Gasteiger partial charge >= 0.3 is 6.18 Å². The molecule has 0 aliphatic rings. The van der Waals surface area contributed by atoms with E-state index < -0.39 is 29.0 Å². The Bertz CT molecular complexity index is 954. The number of aromatic hydroxyl groups is 2. The Balaban J connectivity index is 2.19. The summed E-state index contributed by atoms with van der Waals surface area (Å²) in [6.07, 6.45) is -5.08. The number of alkyl halides is 3. The van der Waals surface area contributed by atoms with Crippen LogP contribution in [0.4, 0.5) is 28.9 Å². The number of amides is 1. The van der Waals surface area contributed by atoms with Crippen molar-refractivity contribution in [2.45, 2.75) is 6.18 Å². The monoisotopic (exact) mass is 391 g/mol. The molecule has 0 fully saturated rings. The van der Waals surface area contributed by atoms with Crippen molar-refractivity contribution in [1.29, 1.82) is 0 Å². The van der Waals surface area contributed by atoms with Crippen LogP contribution in [0.5, 0.6) is 11.5 Å². The normalized spacial score (nSPS) is 11.3. The quantitative estimate of drug-likeness (QED) is 0.601. The number of hydrogen-bond acceptors (Lipinski definition) is 3. The van der Waals surface area contributed by atoms with E-state index in [1.807, 2.05) is 0 Å². The lowest BCUT2D eigenvalue weighted by Crippen LogP contribution is -2.29. The Hall–Kier alpha value is -3.55. The second-order valence-corrected chi connectivity index (χ2v) is 5.83. The number of phenols is 2. The highest BCUT2D eigenvalue weighted by atomic mass is 19.4. The molecule has 8 heteroatoms. The Morgan fingerprint density at radius 1 is 0.786 bits per heavy atom. The van der Waals surface area contributed by atoms with Crippen molar-refractivity contribution in [3.05, 3.63) is 83.7 Å². The van der Waals surface area contributed by atoms with E-state index in [4.69, 9.17) is 0 Å². The minimum Gasteiger partial charge on any atom is -0.508 e. The van der Waals surface area contributed by atoms with Crippen molar-refractivity contribution in [3.63, 3.8) is 0 Å². The Labute approximate surface area is 156 Å². The molecule has 3 aromatic rings. The topological polar surface area (TPSA) is 60.8 Å². The van der Waals surface area contributed by atoms with Gasteiger partial charge in [0, 0.05) is 11.4 Å². The highest BCUT2D eigenvalue weighted by molar-refractivity contribution is 6.11. The third kappa shape index (κ3) is 3.75. The Morgan fingerprint density at radius 2 is 1.25 bits per heavy atom. The zero-order valence-electron chi connectivity index (χ0n) is 14.1. The lowest BCUT2D eigenvalue weighted by molar-refractivity contribution is -0.140. The molecular formula is C20H13F4NO3. The van der Waals surface area contributed by atoms with Gasteiger partial charge in [-0.05, 0) is 60.7 Å². The summed E-state index contributed by atoms with van der Waals surface area (Å²) in [4.78, 5) is 14.0. The standard InChI is InChI=1S/C20H13F4NO3/c21-17-3-1-2-16(18(17)20(22,23)24)19(28)25(12-4-8-14(26)9-5-12)13-6-10-15(27)11-7-13/h1-11,26-27H. The van der Waals surface area contributed by atoms with Crippen LogP contribution in [0.3, 0.4) is 0 Å². The number of phenolic OH excluding ortho intramolecular Hbond substituents is 2. The molecule has 0 bridgehead atoms. The molecule has 3 rings (SSSR count). The summed E-state index contributed by atoms with van der Waals surface area (Å²) in [7, 11) is 0. The summed E-state index contributed by atoms with van der Waals surface area (Å²) in [5.41, 5.74) is -2.24. The summed E-state index contributed by atoms with van der Waals surface area (Å²) < 4.78 is 54.0. The molecule has 0 aromatic heterocycles. The van der Waals surface area contributed by atoms with Gasteiger partial charge in [-0.15, -0.1) is 0 Å². The molecule has 0 unspecified atom stereocenters. The summed E-state index contributed by atoms with van der Waals surface area (Å²) in [5.74, 6) is -2.90. The molecule has 28 heavy (non-hydrogen) atoms. The van der Waals surface area contributed by atoms with E-state index in [0.29, 0.717) is 6.07 Å². The summed E-state index contributed by atoms with van der Waals surface area (Å²) in [5, 5.41) is 18.9. The fraction of sp³-hybridized carbons (Fsp3) is 0.0500. The molecule has 0 spiro atoms. The van der Waals surface area contributed by atoms with Crippen molar-refractivity contribution < 1.29 is 32.6 Å². The number of nitrogens with zero attached hydrogens (tertiary/aromatic N) is 1. The molecule has 0 saturated heterocycles. The molecule has 0 saturated carbocycles. The molecule has 4 nitrogen and oxygen atoms in total. The molecule has 2 N–H and O–H groups in total. The predicted octanol–water partition coefficient (Wildman–Crippen LogP) is 5.23. The second-order valence-electron chi connectivity index (χ2n) is 5.83. The zero-order valence-corrected chi connectivity index (χ0v) is 14.1. The molecule has 0 heterocycles. The van der Waals surface area contributed by atoms with E-state index in [0.717, 1.165) is 17.0 Å². The third-order valence-electron chi connectivity index (χ3n) is 3.95. The maximum atomic E-state index is 13.9. The first-order valence-corrected chi connectivity index (χ1v) is 7.96. The highest BCUT2D eigenvalue weighted by Gasteiger charge is 2.39. The first kappa shape index (κ1) is 19.2. The van der Waals surface area contributed by atoms with E-state index >= 15 is 0 Å². The molecule has 144 valence electrons. The van der Waals surface area contributed by atoms with Gasteiger partial charge < -0.3 is 10.2 Å². The highest BCUT2D eigenvalue weighted by Crippen LogP contribution is 2.37. The molecule has 3 aromatic carbocycles. The molecule has 0 radical (unpaired) electrons. The average Bonchev–Trinajstić information content (AvgIpc) is 2.63. The van der Waals surface area contributed by atoms with Crippen molar-refractivity contribution in [1.82, 2.24) is 0 Å². The maximum absolute atomic E-state index is 13.9. The Kier molecular flexibility index (Phi) is 4.96. The number of hydrogen-bond donors (Lipinski definition) is 2. The van der Waals surface area contributed by atoms with E-state index in [1.54, 1.807) is 0 Å². The third-order valence-corrected chi connectivity index (χ3v) is 3.95. The van der Waals surface area contributed by atoms with Crippen molar-refractivity contribution in [2.24, 2.45) is 0 Å². The van der Waals surface area contributed by atoms with Crippen molar-refractivity contribution >= 4 is 17.3 Å². The van der Waals surface area contributed by atoms with Crippen LogP contribution >= 0.6 is 0 Å². The minimum absolute atomic E-state index is 0.108. The van der Waals surface area contributed by atoms with E-state index in [-0.39, 0.29) is 22.9 Å². The van der Waals surface area contributed by atoms with Crippen LogP contribution in [0, 0.1) is 5.82 Å². The largest absolute Gasteiger partial charge is 0.508 e. The van der Waals surface area contributed by atoms with Gasteiger partial charge in [-0.1, -0.05) is 6.07 Å². The fourth-order valence-electron chi connectivity index (χ4n) is 2.70. The molecule has 0 aliphatic heterocycles. The van der Waals surface area contributed by atoms with Crippen LogP contribution < -0.4 is 4.90 Å². The number of benzene rings is 3. The van der Waals surface area contributed by atoms with Crippen LogP contribution in [0.25, 0.3) is 0 Å². The molecule has 0 aliphatic carbocycles. The van der Waals surface area contributed by atoms with Gasteiger partial charge in [-0.2, -0.15) is 13.2 Å². The number of carbonyl (C=O) groups is 1. The first-order valence-electron chi connectivity index (χ1n) is 7.96. The number of anilines is 2. The summed E-state index contributed by atoms with van der Waals surface area (Å²) >= 11 is 0. The van der Waals surface area contributed by atoms with Crippen LogP contribution in [-0.4, -0.2) is 16.1 Å². The van der Waals surface area contributed by atoms with Crippen LogP contribution in [0.1, 0.15) is 15.9 Å². The number of carbonyl (C=O) groups excluding carboxylic acids is 1. The van der Waals surface area contributed by atoms with Gasteiger partial charge in [0.25, 0.3) is 5.91 Å². The Morgan fingerprint density at radius 3 is 1.68 bits per heavy atom. The first-order chi connectivity index (χ1) is 13.2. The smallest absolute Gasteiger partial charge is 0.420 e. The van der Waals surface area contributed by atoms with E-state index in [1.165, 1.54) is 48.5 Å². The van der Waals surface area contributed by atoms with Crippen LogP contribution in [0.15, 0.2) is 66.7 Å². The molecular weight excluding hydrogens is 378 g/mol. The van der Waals surface area contributed by atoms with Crippen LogP contribution in [-0.2, 0) is 6.18 Å². The number of halogens is 4. The fourth-order valence-corrected chi connectivity index (χ4v) is 2.70. The SMILES string of the molecule is O=C(c1cccc(F)c1C(F)(F)F)N(c1ccc(O)cc1)c1ccc(O)cc1. The average molecular weight is 391 g/mol. The number of rotatable bonds is 3. The molecule has 0 atom stereocenters. The zero-order chi connectivity index (χ0) is 20.5. The van der Waals surface area contributed by atoms with E-state index in [2.05, 4.69) is 0 Å². The minimum atomic E-state index is -5.08. The lowest BCUT2D eigenvalue weighted by Gasteiger charge is -2.25. The summed E-state index contributed by atoms with van der Waals surface area (Å²) in [6, 6.07) is 12.9. The summed E-state index contributed by atoms with van der Waals surface area (Å²) in [6.45, 7) is 0. The van der Waals surface area contributed by atoms with Crippen molar-refractivity contribution in [3.8, 4) is 11.5 Å². The van der Waals surface area contributed by atoms with Gasteiger partial charge in [0.15, 0.2) is 0 Å². The lowest BCUT2D eigenvalue weighted by atomic mass is 10.0. The van der Waals surface area contributed by atoms with Gasteiger partial charge in [0.2, 0.25) is 0 Å². The molecule has 1 amide bonds. The van der Waals surface area contributed by atoms with Gasteiger partial charge in [-0.3, -0.25) is 9.69 Å². The second kappa shape index (κ2) is 7.22. The van der Waals surface area contributed by atoms with E-state index in [9.17, 15) is 32.6 Å². The van der Waals surface area contributed by atoms with Gasteiger partial charge in [0.1, 0.15) is 22.9 Å². The maximum Gasteiger partial charge on any atom is 0.420 e. The van der Waals surface area contributed by atoms with Crippen molar-refractivity contribution in [2.75, 3.05) is 4.90 Å². The van der Waals surface area contributed by atoms with Gasteiger partial charge in [0.05, 0.1) is 5.56 Å².